The summed E-state index contributed by atoms with van der Waals surface area (Å²) in [6, 6.07) is 4.15. The molecule has 3 rings (SSSR count). The van der Waals surface area contributed by atoms with Crippen LogP contribution in [0.5, 0.6) is 0 Å². The van der Waals surface area contributed by atoms with Crippen LogP contribution in [0.25, 0.3) is 0 Å². The first kappa shape index (κ1) is 16.2. The van der Waals surface area contributed by atoms with Gasteiger partial charge in [-0.3, -0.25) is 4.79 Å². The number of nitrogens with zero attached hydrogens (tertiary/aromatic N) is 2. The lowest BCUT2D eigenvalue weighted by Crippen LogP contribution is -2.34. The minimum Gasteiger partial charge on any atom is -0.357 e. The fourth-order valence-electron chi connectivity index (χ4n) is 3.82. The van der Waals surface area contributed by atoms with Gasteiger partial charge in [-0.1, -0.05) is 12.5 Å². The number of amides is 1. The molecule has 2 aliphatic rings. The highest BCUT2D eigenvalue weighted by atomic mass is 16.1. The zero-order valence-corrected chi connectivity index (χ0v) is 13.8. The molecule has 1 aromatic rings. The highest BCUT2D eigenvalue weighted by molar-refractivity contribution is 5.79. The van der Waals surface area contributed by atoms with Gasteiger partial charge in [-0.05, 0) is 56.2 Å². The lowest BCUT2D eigenvalue weighted by Gasteiger charge is -2.27. The lowest BCUT2D eigenvalue weighted by atomic mass is 9.95. The summed E-state index contributed by atoms with van der Waals surface area (Å²) in [7, 11) is 0. The zero-order valence-electron chi connectivity index (χ0n) is 13.8. The van der Waals surface area contributed by atoms with Crippen LogP contribution in [0, 0.1) is 11.8 Å². The molecule has 1 saturated heterocycles. The van der Waals surface area contributed by atoms with Crippen molar-refractivity contribution >= 4 is 11.7 Å². The van der Waals surface area contributed by atoms with Gasteiger partial charge in [0.2, 0.25) is 5.91 Å². The first-order chi connectivity index (χ1) is 11.3. The molecule has 1 saturated carbocycles. The van der Waals surface area contributed by atoms with E-state index < -0.39 is 0 Å². The monoisotopic (exact) mass is 316 g/mol. The van der Waals surface area contributed by atoms with Crippen LogP contribution < -0.4 is 16.0 Å². The maximum absolute atomic E-state index is 12.3. The van der Waals surface area contributed by atoms with Crippen molar-refractivity contribution < 1.29 is 4.79 Å². The van der Waals surface area contributed by atoms with E-state index in [4.69, 9.17) is 5.73 Å². The average molecular weight is 316 g/mol. The highest BCUT2D eigenvalue weighted by Gasteiger charge is 2.31. The van der Waals surface area contributed by atoms with Gasteiger partial charge in [0.05, 0.1) is 0 Å². The van der Waals surface area contributed by atoms with Crippen molar-refractivity contribution in [2.45, 2.75) is 45.1 Å². The molecule has 0 bridgehead atoms. The fraction of sp³-hybridized carbons (Fsp3) is 0.667. The molecular formula is C18H28N4O. The maximum atomic E-state index is 12.3. The number of anilines is 1. The molecule has 1 amide bonds. The van der Waals surface area contributed by atoms with Gasteiger partial charge in [-0.25, -0.2) is 4.98 Å². The van der Waals surface area contributed by atoms with E-state index in [2.05, 4.69) is 27.3 Å². The number of nitrogens with one attached hydrogen (secondary N) is 1. The van der Waals surface area contributed by atoms with Gasteiger partial charge >= 0.3 is 0 Å². The van der Waals surface area contributed by atoms with E-state index in [-0.39, 0.29) is 11.8 Å². The molecule has 0 unspecified atom stereocenters. The maximum Gasteiger partial charge on any atom is 0.223 e. The van der Waals surface area contributed by atoms with Gasteiger partial charge in [0.15, 0.2) is 0 Å². The molecule has 126 valence electrons. The number of carbonyl (C=O) groups excluding carboxylic acids is 1. The van der Waals surface area contributed by atoms with E-state index >= 15 is 0 Å². The fourth-order valence-corrected chi connectivity index (χ4v) is 3.82. The summed E-state index contributed by atoms with van der Waals surface area (Å²) in [6.45, 7) is 3.38. The molecule has 0 radical (unpaired) electrons. The third kappa shape index (κ3) is 4.02. The Kier molecular flexibility index (Phi) is 5.49. The van der Waals surface area contributed by atoms with E-state index in [1.165, 1.54) is 19.3 Å². The van der Waals surface area contributed by atoms with Gasteiger partial charge < -0.3 is 16.0 Å². The van der Waals surface area contributed by atoms with Crippen molar-refractivity contribution in [2.75, 3.05) is 24.5 Å². The second-order valence-corrected chi connectivity index (χ2v) is 6.82. The summed E-state index contributed by atoms with van der Waals surface area (Å²) in [5.41, 5.74) is 6.82. The predicted octanol–water partition coefficient (Wildman–Crippen LogP) is 2.06. The molecule has 1 aromatic heterocycles. The van der Waals surface area contributed by atoms with Crippen molar-refractivity contribution in [3.63, 3.8) is 0 Å². The topological polar surface area (TPSA) is 71.2 Å². The van der Waals surface area contributed by atoms with Crippen molar-refractivity contribution in [1.82, 2.24) is 10.3 Å². The Morgan fingerprint density at radius 2 is 2.04 bits per heavy atom. The van der Waals surface area contributed by atoms with Crippen molar-refractivity contribution in [3.8, 4) is 0 Å². The molecule has 23 heavy (non-hydrogen) atoms. The van der Waals surface area contributed by atoms with Gasteiger partial charge in [0.25, 0.3) is 0 Å². The first-order valence-corrected chi connectivity index (χ1v) is 8.95. The summed E-state index contributed by atoms with van der Waals surface area (Å²) in [6.07, 6.45) is 8.89. The number of aromatic nitrogens is 1. The van der Waals surface area contributed by atoms with Crippen LogP contribution in [0.2, 0.25) is 0 Å². The number of piperidine rings is 1. The number of hydrogen-bond donors (Lipinski definition) is 2. The van der Waals surface area contributed by atoms with E-state index in [0.717, 1.165) is 43.7 Å². The minimum atomic E-state index is 0.0978. The largest absolute Gasteiger partial charge is 0.357 e. The predicted molar refractivity (Wildman–Crippen MR) is 92.0 cm³/mol. The standard InChI is InChI=1S/C18H28N4O/c19-11-15-5-4-6-16(15)18(23)21-13-14-7-8-17(20-12-14)22-9-2-1-3-10-22/h7-8,12,15-16H,1-6,9-11,13,19H2,(H,21,23)/t15-,16-/m1/s1. The molecule has 1 aliphatic heterocycles. The van der Waals surface area contributed by atoms with Crippen LogP contribution in [-0.2, 0) is 11.3 Å². The van der Waals surface area contributed by atoms with Gasteiger partial charge in [0, 0.05) is 31.7 Å². The molecule has 0 spiro atoms. The number of nitrogens with two attached hydrogens (primary N) is 1. The minimum absolute atomic E-state index is 0.0978. The number of pyridine rings is 1. The smallest absolute Gasteiger partial charge is 0.223 e. The average Bonchev–Trinajstić information content (AvgIpc) is 3.10. The van der Waals surface area contributed by atoms with Gasteiger partial charge in [-0.15, -0.1) is 0 Å². The Balaban J connectivity index is 1.51. The van der Waals surface area contributed by atoms with Crippen LogP contribution in [0.1, 0.15) is 44.1 Å². The number of hydrogen-bond acceptors (Lipinski definition) is 4. The molecule has 5 heteroatoms. The van der Waals surface area contributed by atoms with E-state index in [9.17, 15) is 4.79 Å². The molecule has 0 aromatic carbocycles. The summed E-state index contributed by atoms with van der Waals surface area (Å²) in [5.74, 6) is 1.66. The number of carbonyl (C=O) groups is 1. The van der Waals surface area contributed by atoms with Crippen LogP contribution in [-0.4, -0.2) is 30.5 Å². The highest BCUT2D eigenvalue weighted by Crippen LogP contribution is 2.31. The second kappa shape index (κ2) is 7.77. The molecule has 3 N–H and O–H groups in total. The molecule has 1 aliphatic carbocycles. The Bertz CT molecular complexity index is 510. The SMILES string of the molecule is NC[C@H]1CCC[C@H]1C(=O)NCc1ccc(N2CCCCC2)nc1. The normalized spacial score (nSPS) is 24.7. The summed E-state index contributed by atoms with van der Waals surface area (Å²) in [5, 5.41) is 3.06. The Morgan fingerprint density at radius 3 is 2.74 bits per heavy atom. The molecule has 2 atom stereocenters. The summed E-state index contributed by atoms with van der Waals surface area (Å²) in [4.78, 5) is 19.2. The zero-order chi connectivity index (χ0) is 16.1. The summed E-state index contributed by atoms with van der Waals surface area (Å²) >= 11 is 0. The molecule has 5 nitrogen and oxygen atoms in total. The quantitative estimate of drug-likeness (QED) is 0.872. The van der Waals surface area contributed by atoms with Crippen LogP contribution in [0.3, 0.4) is 0 Å². The third-order valence-corrected chi connectivity index (χ3v) is 5.25. The van der Waals surface area contributed by atoms with E-state index in [0.29, 0.717) is 19.0 Å². The van der Waals surface area contributed by atoms with E-state index in [1.807, 2.05) is 6.20 Å². The molecule has 2 heterocycles. The van der Waals surface area contributed by atoms with Crippen LogP contribution in [0.15, 0.2) is 18.3 Å². The Labute approximate surface area is 138 Å². The second-order valence-electron chi connectivity index (χ2n) is 6.82. The first-order valence-electron chi connectivity index (χ1n) is 8.95. The molecular weight excluding hydrogens is 288 g/mol. The Hall–Kier alpha value is -1.62. The van der Waals surface area contributed by atoms with Crippen LogP contribution >= 0.6 is 0 Å². The number of rotatable bonds is 5. The third-order valence-electron chi connectivity index (χ3n) is 5.25. The van der Waals surface area contributed by atoms with Crippen molar-refractivity contribution in [2.24, 2.45) is 17.6 Å². The van der Waals surface area contributed by atoms with Crippen molar-refractivity contribution in [3.05, 3.63) is 23.9 Å². The van der Waals surface area contributed by atoms with Gasteiger partial charge in [-0.2, -0.15) is 0 Å². The molecule has 2 fully saturated rings. The van der Waals surface area contributed by atoms with Crippen molar-refractivity contribution in [1.29, 1.82) is 0 Å². The van der Waals surface area contributed by atoms with E-state index in [1.54, 1.807) is 0 Å². The summed E-state index contributed by atoms with van der Waals surface area (Å²) < 4.78 is 0. The lowest BCUT2D eigenvalue weighted by molar-refractivity contribution is -0.126. The van der Waals surface area contributed by atoms with Crippen LogP contribution in [0.4, 0.5) is 5.82 Å². The Morgan fingerprint density at radius 1 is 1.22 bits per heavy atom. The van der Waals surface area contributed by atoms with Gasteiger partial charge in [0.1, 0.15) is 5.82 Å².